The lowest BCUT2D eigenvalue weighted by Crippen LogP contribution is -2.31. The van der Waals surface area contributed by atoms with Crippen molar-refractivity contribution in [2.75, 3.05) is 13.2 Å². The van der Waals surface area contributed by atoms with Crippen molar-refractivity contribution in [3.63, 3.8) is 0 Å². The lowest BCUT2D eigenvalue weighted by Gasteiger charge is -2.14. The summed E-state index contributed by atoms with van der Waals surface area (Å²) in [6, 6.07) is 5.22. The highest BCUT2D eigenvalue weighted by Crippen LogP contribution is 2.32. The molecule has 2 rings (SSSR count). The van der Waals surface area contributed by atoms with Gasteiger partial charge in [-0.1, -0.05) is 6.07 Å². The zero-order valence-corrected chi connectivity index (χ0v) is 10.5. The predicted molar refractivity (Wildman–Crippen MR) is 66.8 cm³/mol. The fourth-order valence-corrected chi connectivity index (χ4v) is 1.94. The molecule has 0 aromatic heterocycles. The maximum absolute atomic E-state index is 13.0. The molecule has 0 heterocycles. The third-order valence-corrected chi connectivity index (χ3v) is 3.31. The van der Waals surface area contributed by atoms with Gasteiger partial charge in [-0.25, -0.2) is 4.39 Å². The van der Waals surface area contributed by atoms with Crippen LogP contribution >= 0.6 is 0 Å². The Balaban J connectivity index is 1.71. The van der Waals surface area contributed by atoms with E-state index in [4.69, 9.17) is 4.74 Å². The van der Waals surface area contributed by atoms with E-state index in [1.54, 1.807) is 6.07 Å². The van der Waals surface area contributed by atoms with Crippen molar-refractivity contribution in [3.05, 3.63) is 29.6 Å². The van der Waals surface area contributed by atoms with Crippen LogP contribution in [-0.4, -0.2) is 19.2 Å². The second kappa shape index (κ2) is 5.50. The number of rotatable bonds is 6. The minimum Gasteiger partial charge on any atom is -0.492 e. The van der Waals surface area contributed by atoms with Crippen LogP contribution < -0.4 is 10.1 Å². The maximum atomic E-state index is 13.0. The summed E-state index contributed by atoms with van der Waals surface area (Å²) in [6.45, 7) is 5.54. The molecule has 0 radical (unpaired) electrons. The average Bonchev–Trinajstić information content (AvgIpc) is 3.12. The quantitative estimate of drug-likeness (QED) is 0.768. The Bertz CT molecular complexity index is 376. The molecule has 0 bridgehead atoms. The van der Waals surface area contributed by atoms with Crippen LogP contribution in [0.2, 0.25) is 0 Å². The van der Waals surface area contributed by atoms with Crippen LogP contribution in [0.3, 0.4) is 0 Å². The van der Waals surface area contributed by atoms with Gasteiger partial charge in [-0.05, 0) is 44.2 Å². The van der Waals surface area contributed by atoms with Gasteiger partial charge in [0.05, 0.1) is 0 Å². The van der Waals surface area contributed by atoms with Gasteiger partial charge in [-0.15, -0.1) is 0 Å². The van der Waals surface area contributed by atoms with Gasteiger partial charge in [0, 0.05) is 18.7 Å². The lowest BCUT2D eigenvalue weighted by molar-refractivity contribution is 0.300. The van der Waals surface area contributed by atoms with Gasteiger partial charge >= 0.3 is 0 Å². The molecule has 1 unspecified atom stereocenters. The molecule has 0 amide bonds. The molecule has 1 aliphatic rings. The zero-order valence-electron chi connectivity index (χ0n) is 10.5. The van der Waals surface area contributed by atoms with Crippen molar-refractivity contribution in [1.82, 2.24) is 5.32 Å². The van der Waals surface area contributed by atoms with Crippen LogP contribution in [0, 0.1) is 18.7 Å². The highest BCUT2D eigenvalue weighted by molar-refractivity contribution is 5.32. The van der Waals surface area contributed by atoms with Crippen LogP contribution in [0.1, 0.15) is 25.3 Å². The Hall–Kier alpha value is -1.09. The molecular formula is C14H20FNO. The Morgan fingerprint density at radius 1 is 1.47 bits per heavy atom. The molecule has 1 aromatic carbocycles. The standard InChI is InChI=1S/C14H20FNO/c1-10-3-6-13(15)9-14(10)17-8-7-16-11(2)12-4-5-12/h3,6,9,11-12,16H,4-5,7-8H2,1-2H3. The van der Waals surface area contributed by atoms with Gasteiger partial charge in [-0.3, -0.25) is 0 Å². The zero-order chi connectivity index (χ0) is 12.3. The number of hydrogen-bond donors (Lipinski definition) is 1. The summed E-state index contributed by atoms with van der Waals surface area (Å²) in [5.41, 5.74) is 0.974. The molecule has 1 fully saturated rings. The summed E-state index contributed by atoms with van der Waals surface area (Å²) < 4.78 is 18.6. The average molecular weight is 237 g/mol. The molecule has 1 aromatic rings. The molecule has 1 saturated carbocycles. The topological polar surface area (TPSA) is 21.3 Å². The largest absolute Gasteiger partial charge is 0.492 e. The first-order valence-corrected chi connectivity index (χ1v) is 6.29. The summed E-state index contributed by atoms with van der Waals surface area (Å²) in [5, 5.41) is 3.43. The second-order valence-electron chi connectivity index (χ2n) is 4.84. The first kappa shape index (κ1) is 12.4. The van der Waals surface area contributed by atoms with E-state index in [1.165, 1.54) is 25.0 Å². The highest BCUT2D eigenvalue weighted by atomic mass is 19.1. The minimum atomic E-state index is -0.245. The summed E-state index contributed by atoms with van der Waals surface area (Å²) in [6.07, 6.45) is 2.69. The van der Waals surface area contributed by atoms with Gasteiger partial charge in [0.15, 0.2) is 0 Å². The van der Waals surface area contributed by atoms with E-state index in [9.17, 15) is 4.39 Å². The van der Waals surface area contributed by atoms with Gasteiger partial charge in [0.25, 0.3) is 0 Å². The number of hydrogen-bond acceptors (Lipinski definition) is 2. The van der Waals surface area contributed by atoms with Crippen molar-refractivity contribution < 1.29 is 9.13 Å². The Morgan fingerprint density at radius 3 is 2.94 bits per heavy atom. The van der Waals surface area contributed by atoms with Crippen LogP contribution in [0.4, 0.5) is 4.39 Å². The SMILES string of the molecule is Cc1ccc(F)cc1OCCNC(C)C1CC1. The Morgan fingerprint density at radius 2 is 2.24 bits per heavy atom. The number of halogens is 1. The van der Waals surface area contributed by atoms with Crippen molar-refractivity contribution in [1.29, 1.82) is 0 Å². The van der Waals surface area contributed by atoms with Crippen molar-refractivity contribution in [3.8, 4) is 5.75 Å². The maximum Gasteiger partial charge on any atom is 0.126 e. The van der Waals surface area contributed by atoms with E-state index in [2.05, 4.69) is 12.2 Å². The van der Waals surface area contributed by atoms with E-state index >= 15 is 0 Å². The van der Waals surface area contributed by atoms with Crippen molar-refractivity contribution in [2.24, 2.45) is 5.92 Å². The van der Waals surface area contributed by atoms with Crippen LogP contribution in [0.5, 0.6) is 5.75 Å². The van der Waals surface area contributed by atoms with E-state index in [0.717, 1.165) is 18.0 Å². The molecule has 0 spiro atoms. The summed E-state index contributed by atoms with van der Waals surface area (Å²) in [5.74, 6) is 1.25. The fourth-order valence-electron chi connectivity index (χ4n) is 1.94. The monoisotopic (exact) mass is 237 g/mol. The van der Waals surface area contributed by atoms with E-state index < -0.39 is 0 Å². The summed E-state index contributed by atoms with van der Waals surface area (Å²) in [4.78, 5) is 0. The lowest BCUT2D eigenvalue weighted by atomic mass is 10.2. The molecule has 3 heteroatoms. The van der Waals surface area contributed by atoms with Crippen molar-refractivity contribution in [2.45, 2.75) is 32.7 Å². The molecule has 0 saturated heterocycles. The number of ether oxygens (including phenoxy) is 1. The highest BCUT2D eigenvalue weighted by Gasteiger charge is 2.27. The van der Waals surface area contributed by atoms with Gasteiger partial charge in [-0.2, -0.15) is 0 Å². The Labute approximate surface area is 102 Å². The normalized spacial score (nSPS) is 16.9. The van der Waals surface area contributed by atoms with Crippen LogP contribution in [0.25, 0.3) is 0 Å². The number of nitrogens with one attached hydrogen (secondary N) is 1. The first-order valence-electron chi connectivity index (χ1n) is 6.29. The Kier molecular flexibility index (Phi) is 4.00. The molecule has 1 N–H and O–H groups in total. The molecule has 17 heavy (non-hydrogen) atoms. The van der Waals surface area contributed by atoms with E-state index in [-0.39, 0.29) is 5.82 Å². The number of aryl methyl sites for hydroxylation is 1. The third-order valence-electron chi connectivity index (χ3n) is 3.31. The molecule has 0 aliphatic heterocycles. The smallest absolute Gasteiger partial charge is 0.126 e. The molecule has 94 valence electrons. The van der Waals surface area contributed by atoms with Crippen LogP contribution in [0.15, 0.2) is 18.2 Å². The first-order chi connectivity index (χ1) is 8.16. The van der Waals surface area contributed by atoms with Gasteiger partial charge in [0.2, 0.25) is 0 Å². The van der Waals surface area contributed by atoms with E-state index in [0.29, 0.717) is 18.4 Å². The molecule has 2 nitrogen and oxygen atoms in total. The van der Waals surface area contributed by atoms with Crippen molar-refractivity contribution >= 4 is 0 Å². The minimum absolute atomic E-state index is 0.245. The summed E-state index contributed by atoms with van der Waals surface area (Å²) in [7, 11) is 0. The number of benzene rings is 1. The molecular weight excluding hydrogens is 217 g/mol. The third kappa shape index (κ3) is 3.70. The fraction of sp³-hybridized carbons (Fsp3) is 0.571. The van der Waals surface area contributed by atoms with Gasteiger partial charge < -0.3 is 10.1 Å². The van der Waals surface area contributed by atoms with Crippen LogP contribution in [-0.2, 0) is 0 Å². The predicted octanol–water partition coefficient (Wildman–Crippen LogP) is 2.90. The molecule has 1 aliphatic carbocycles. The van der Waals surface area contributed by atoms with E-state index in [1.807, 2.05) is 6.92 Å². The summed E-state index contributed by atoms with van der Waals surface area (Å²) >= 11 is 0. The molecule has 1 atom stereocenters. The second-order valence-corrected chi connectivity index (χ2v) is 4.84. The van der Waals surface area contributed by atoms with Gasteiger partial charge in [0.1, 0.15) is 18.2 Å².